The molecule has 0 amide bonds. The lowest BCUT2D eigenvalue weighted by Crippen LogP contribution is -2.40. The van der Waals surface area contributed by atoms with Gasteiger partial charge in [0.1, 0.15) is 18.3 Å². The van der Waals surface area contributed by atoms with Gasteiger partial charge < -0.3 is 20.4 Å². The number of nitrogens with zero attached hydrogens (tertiary/aromatic N) is 1. The van der Waals surface area contributed by atoms with Gasteiger partial charge in [0.25, 0.3) is 0 Å². The molecule has 0 aliphatic carbocycles. The number of aliphatic hydroxyl groups excluding tert-OH is 4. The van der Waals surface area contributed by atoms with Gasteiger partial charge in [0.05, 0.1) is 6.61 Å². The van der Waals surface area contributed by atoms with Gasteiger partial charge in [-0.1, -0.05) is 0 Å². The molecule has 4 N–H and O–H groups in total. The summed E-state index contributed by atoms with van der Waals surface area (Å²) in [5.41, 5.74) is 0. The van der Waals surface area contributed by atoms with Crippen molar-refractivity contribution in [1.82, 2.24) is 0 Å². The molecule has 0 saturated heterocycles. The Bertz CT molecular complexity index is 128. The number of hydrogen-bond acceptors (Lipinski definition) is 5. The Kier molecular flexibility index (Phi) is 4.97. The average Bonchev–Trinajstić information content (AvgIpc) is 2.02. The van der Waals surface area contributed by atoms with Crippen molar-refractivity contribution in [3.05, 3.63) is 0 Å². The van der Waals surface area contributed by atoms with E-state index in [1.54, 1.807) is 0 Å². The number of rotatable bonds is 4. The first-order valence-corrected chi connectivity index (χ1v) is 3.20. The van der Waals surface area contributed by atoms with Crippen molar-refractivity contribution in [3.63, 3.8) is 0 Å². The zero-order valence-corrected chi connectivity index (χ0v) is 6.25. The summed E-state index contributed by atoms with van der Waals surface area (Å²) in [5, 5.41) is 35.1. The minimum Gasteiger partial charge on any atom is -0.394 e. The second kappa shape index (κ2) is 5.20. The second-order valence-electron chi connectivity index (χ2n) is 2.14. The van der Waals surface area contributed by atoms with E-state index in [1.807, 2.05) is 0 Å². The van der Waals surface area contributed by atoms with E-state index < -0.39 is 24.9 Å². The first kappa shape index (κ1) is 10.5. The van der Waals surface area contributed by atoms with Gasteiger partial charge in [-0.2, -0.15) is 0 Å². The first-order valence-electron chi connectivity index (χ1n) is 3.20. The molecule has 5 nitrogen and oxygen atoms in total. The van der Waals surface area contributed by atoms with Gasteiger partial charge in [-0.3, -0.25) is 4.99 Å². The molecular weight excluding hydrogens is 150 g/mol. The van der Waals surface area contributed by atoms with Crippen molar-refractivity contribution in [2.45, 2.75) is 18.3 Å². The highest BCUT2D eigenvalue weighted by atomic mass is 16.4. The second-order valence-corrected chi connectivity index (χ2v) is 2.14. The third-order valence-electron chi connectivity index (χ3n) is 1.23. The summed E-state index contributed by atoms with van der Waals surface area (Å²) in [6, 6.07) is 0. The minimum absolute atomic E-state index is 0.588. The smallest absolute Gasteiger partial charge is 0.117 e. The van der Waals surface area contributed by atoms with Crippen LogP contribution in [0.2, 0.25) is 0 Å². The van der Waals surface area contributed by atoms with Crippen molar-refractivity contribution in [2.24, 2.45) is 4.99 Å². The predicted molar refractivity (Wildman–Crippen MR) is 39.5 cm³/mol. The molecule has 0 aromatic carbocycles. The summed E-state index contributed by atoms with van der Waals surface area (Å²) in [6.45, 7) is -0.588. The van der Waals surface area contributed by atoms with Gasteiger partial charge in [0, 0.05) is 13.3 Å². The van der Waals surface area contributed by atoms with Crippen LogP contribution in [-0.2, 0) is 0 Å². The van der Waals surface area contributed by atoms with Crippen LogP contribution in [0, 0.1) is 0 Å². The Balaban J connectivity index is 3.90. The molecule has 0 aromatic rings. The molecule has 0 bridgehead atoms. The topological polar surface area (TPSA) is 93.3 Å². The van der Waals surface area contributed by atoms with Gasteiger partial charge in [0.2, 0.25) is 0 Å². The van der Waals surface area contributed by atoms with Crippen LogP contribution >= 0.6 is 0 Å². The van der Waals surface area contributed by atoms with Crippen molar-refractivity contribution in [3.8, 4) is 0 Å². The SMILES string of the molecule is C/N=C/[C@@H](O)[C@H](O)[C@H](O)CO. The monoisotopic (exact) mass is 163 g/mol. The van der Waals surface area contributed by atoms with Gasteiger partial charge in [0.15, 0.2) is 0 Å². The lowest BCUT2D eigenvalue weighted by atomic mass is 10.1. The van der Waals surface area contributed by atoms with Gasteiger partial charge >= 0.3 is 0 Å². The molecule has 11 heavy (non-hydrogen) atoms. The summed E-state index contributed by atoms with van der Waals surface area (Å²) in [4.78, 5) is 3.45. The molecule has 0 aliphatic heterocycles. The maximum atomic E-state index is 8.97. The molecular formula is C6H13NO4. The summed E-state index contributed by atoms with van der Waals surface area (Å²) in [7, 11) is 1.43. The Labute approximate surface area is 64.6 Å². The van der Waals surface area contributed by atoms with Crippen molar-refractivity contribution < 1.29 is 20.4 Å². The standard InChI is InChI=1S/C6H13NO4/c1-7-2-4(9)6(11)5(10)3-8/h2,4-6,8-11H,3H2,1H3/b7-2+/t4-,5-,6+/m1/s1. The molecule has 0 aliphatic rings. The van der Waals surface area contributed by atoms with E-state index in [-0.39, 0.29) is 0 Å². The maximum absolute atomic E-state index is 8.97. The molecule has 0 saturated carbocycles. The summed E-state index contributed by atoms with van der Waals surface area (Å²) < 4.78 is 0. The van der Waals surface area contributed by atoms with Gasteiger partial charge in [-0.05, 0) is 0 Å². The van der Waals surface area contributed by atoms with Crippen LogP contribution in [0.1, 0.15) is 0 Å². The fraction of sp³-hybridized carbons (Fsp3) is 0.833. The van der Waals surface area contributed by atoms with Crippen LogP contribution in [0.15, 0.2) is 4.99 Å². The van der Waals surface area contributed by atoms with Crippen molar-refractivity contribution in [1.29, 1.82) is 0 Å². The van der Waals surface area contributed by atoms with Crippen LogP contribution < -0.4 is 0 Å². The molecule has 0 aromatic heterocycles. The van der Waals surface area contributed by atoms with Gasteiger partial charge in [-0.15, -0.1) is 0 Å². The number of aliphatic hydroxyl groups is 4. The molecule has 0 rings (SSSR count). The van der Waals surface area contributed by atoms with Crippen LogP contribution in [0.3, 0.4) is 0 Å². The lowest BCUT2D eigenvalue weighted by Gasteiger charge is -2.17. The fourth-order valence-electron chi connectivity index (χ4n) is 0.577. The maximum Gasteiger partial charge on any atom is 0.117 e. The van der Waals surface area contributed by atoms with Crippen LogP contribution in [-0.4, -0.2) is 58.6 Å². The third-order valence-corrected chi connectivity index (χ3v) is 1.23. The Morgan fingerprint density at radius 2 is 1.91 bits per heavy atom. The molecule has 66 valence electrons. The molecule has 0 spiro atoms. The third kappa shape index (κ3) is 3.43. The molecule has 5 heteroatoms. The molecule has 0 fully saturated rings. The van der Waals surface area contributed by atoms with Crippen molar-refractivity contribution in [2.75, 3.05) is 13.7 Å². The summed E-state index contributed by atoms with van der Waals surface area (Å²) >= 11 is 0. The quantitative estimate of drug-likeness (QED) is 0.353. The number of hydrogen-bond donors (Lipinski definition) is 4. The first-order chi connectivity index (χ1) is 5.13. The predicted octanol–water partition coefficient (Wildman–Crippen LogP) is -2.24. The fourth-order valence-corrected chi connectivity index (χ4v) is 0.577. The highest BCUT2D eigenvalue weighted by molar-refractivity contribution is 5.63. The molecule has 0 heterocycles. The summed E-state index contributed by atoms with van der Waals surface area (Å²) in [6.07, 6.45) is -2.86. The van der Waals surface area contributed by atoms with Gasteiger partial charge in [-0.25, -0.2) is 0 Å². The molecule has 3 atom stereocenters. The minimum atomic E-state index is -1.39. The molecule has 0 radical (unpaired) electrons. The zero-order valence-electron chi connectivity index (χ0n) is 6.25. The van der Waals surface area contributed by atoms with Crippen LogP contribution in [0.5, 0.6) is 0 Å². The highest BCUT2D eigenvalue weighted by Crippen LogP contribution is 1.97. The van der Waals surface area contributed by atoms with E-state index in [0.717, 1.165) is 6.21 Å². The van der Waals surface area contributed by atoms with Crippen molar-refractivity contribution >= 4 is 6.21 Å². The lowest BCUT2D eigenvalue weighted by molar-refractivity contribution is -0.0541. The Morgan fingerprint density at radius 1 is 1.36 bits per heavy atom. The van der Waals surface area contributed by atoms with E-state index >= 15 is 0 Å². The normalized spacial score (nSPS) is 20.1. The van der Waals surface area contributed by atoms with E-state index in [1.165, 1.54) is 7.05 Å². The van der Waals surface area contributed by atoms with E-state index in [2.05, 4.69) is 4.99 Å². The summed E-state index contributed by atoms with van der Waals surface area (Å²) in [5.74, 6) is 0. The zero-order chi connectivity index (χ0) is 8.85. The highest BCUT2D eigenvalue weighted by Gasteiger charge is 2.21. The van der Waals surface area contributed by atoms with Crippen LogP contribution in [0.25, 0.3) is 0 Å². The van der Waals surface area contributed by atoms with E-state index in [0.29, 0.717) is 0 Å². The average molecular weight is 163 g/mol. The largest absolute Gasteiger partial charge is 0.394 e. The van der Waals surface area contributed by atoms with Crippen LogP contribution in [0.4, 0.5) is 0 Å². The number of aliphatic imine (C=N–C) groups is 1. The Morgan fingerprint density at radius 3 is 2.27 bits per heavy atom. The molecule has 0 unspecified atom stereocenters. The van der Waals surface area contributed by atoms with E-state index in [4.69, 9.17) is 20.4 Å². The van der Waals surface area contributed by atoms with E-state index in [9.17, 15) is 0 Å². The Hall–Kier alpha value is -0.490.